The summed E-state index contributed by atoms with van der Waals surface area (Å²) in [5.41, 5.74) is 1.77. The van der Waals surface area contributed by atoms with E-state index < -0.39 is 17.2 Å². The zero-order valence-corrected chi connectivity index (χ0v) is 11.0. The summed E-state index contributed by atoms with van der Waals surface area (Å²) in [6.45, 7) is 3.05. The van der Waals surface area contributed by atoms with Crippen LogP contribution in [0.2, 0.25) is 5.28 Å². The Morgan fingerprint density at radius 1 is 1.21 bits per heavy atom. The molecule has 9 heteroatoms. The van der Waals surface area contributed by atoms with Crippen LogP contribution in [-0.4, -0.2) is 53.1 Å². The maximum absolute atomic E-state index is 12.6. The molecule has 1 aromatic rings. The molecule has 5 nitrogen and oxygen atoms in total. The van der Waals surface area contributed by atoms with E-state index in [1.165, 1.54) is 0 Å². The Morgan fingerprint density at radius 2 is 1.84 bits per heavy atom. The molecule has 0 aromatic carbocycles. The number of nitrogens with zero attached hydrogens (tertiary/aromatic N) is 4. The average molecular weight is 296 g/mol. The fourth-order valence-electron chi connectivity index (χ4n) is 1.70. The maximum Gasteiger partial charge on any atom is 0.433 e. The molecule has 1 fully saturated rings. The van der Waals surface area contributed by atoms with Gasteiger partial charge in [0.1, 0.15) is 5.82 Å². The number of hydrogen-bond acceptors (Lipinski definition) is 5. The lowest BCUT2D eigenvalue weighted by molar-refractivity contribution is -0.141. The fourth-order valence-corrected chi connectivity index (χ4v) is 1.88. The molecule has 1 N–H and O–H groups in total. The van der Waals surface area contributed by atoms with Crippen molar-refractivity contribution in [1.29, 1.82) is 0 Å². The number of halogens is 4. The summed E-state index contributed by atoms with van der Waals surface area (Å²) in [6.07, 6.45) is -4.54. The Hall–Kier alpha value is -1.12. The van der Waals surface area contributed by atoms with E-state index in [9.17, 15) is 13.2 Å². The Bertz CT molecular complexity index is 445. The first kappa shape index (κ1) is 14.3. The van der Waals surface area contributed by atoms with E-state index >= 15 is 0 Å². The van der Waals surface area contributed by atoms with Gasteiger partial charge in [-0.2, -0.15) is 18.2 Å². The number of hydrazine groups is 1. The quantitative estimate of drug-likeness (QED) is 0.842. The van der Waals surface area contributed by atoms with E-state index in [1.54, 1.807) is 5.01 Å². The number of aromatic nitrogens is 2. The summed E-state index contributed by atoms with van der Waals surface area (Å²) in [5, 5.41) is 1.38. The zero-order chi connectivity index (χ0) is 14.0. The molecular weight excluding hydrogens is 283 g/mol. The van der Waals surface area contributed by atoms with Crippen LogP contribution in [0, 0.1) is 0 Å². The molecule has 0 bridgehead atoms. The molecule has 2 heterocycles. The van der Waals surface area contributed by atoms with Gasteiger partial charge < -0.3 is 10.3 Å². The van der Waals surface area contributed by atoms with Gasteiger partial charge in [-0.05, 0) is 18.6 Å². The van der Waals surface area contributed by atoms with Gasteiger partial charge in [0.25, 0.3) is 0 Å². The molecule has 0 atom stereocenters. The lowest BCUT2D eigenvalue weighted by Gasteiger charge is -2.32. The van der Waals surface area contributed by atoms with Crippen molar-refractivity contribution >= 4 is 17.4 Å². The second-order valence-corrected chi connectivity index (χ2v) is 4.65. The van der Waals surface area contributed by atoms with E-state index in [0.717, 1.165) is 19.2 Å². The smallest absolute Gasteiger partial charge is 0.304 e. The summed E-state index contributed by atoms with van der Waals surface area (Å²) in [7, 11) is 1.99. The SMILES string of the molecule is CN1CCN(Nc2cc(C(F)(F)F)nc(Cl)n2)CC1. The second kappa shape index (κ2) is 5.48. The monoisotopic (exact) mass is 295 g/mol. The van der Waals surface area contributed by atoms with Gasteiger partial charge in [-0.3, -0.25) is 0 Å². The predicted molar refractivity (Wildman–Crippen MR) is 64.7 cm³/mol. The van der Waals surface area contributed by atoms with Crippen LogP contribution in [0.25, 0.3) is 0 Å². The summed E-state index contributed by atoms with van der Waals surface area (Å²) < 4.78 is 37.7. The van der Waals surface area contributed by atoms with Gasteiger partial charge in [-0.25, -0.2) is 9.99 Å². The van der Waals surface area contributed by atoms with Gasteiger partial charge in [0.05, 0.1) is 0 Å². The molecule has 0 saturated carbocycles. The Labute approximate surface area is 113 Å². The van der Waals surface area contributed by atoms with Crippen LogP contribution >= 0.6 is 11.6 Å². The Kier molecular flexibility index (Phi) is 4.12. The normalized spacial score (nSPS) is 18.6. The molecule has 1 aromatic heterocycles. The number of anilines is 1. The molecule has 2 rings (SSSR count). The van der Waals surface area contributed by atoms with Crippen molar-refractivity contribution in [2.45, 2.75) is 6.18 Å². The largest absolute Gasteiger partial charge is 0.433 e. The number of nitrogens with one attached hydrogen (secondary N) is 1. The summed E-state index contributed by atoms with van der Waals surface area (Å²) in [4.78, 5) is 9.05. The first-order valence-corrected chi connectivity index (χ1v) is 6.04. The molecule has 1 aliphatic heterocycles. The highest BCUT2D eigenvalue weighted by molar-refractivity contribution is 6.28. The minimum atomic E-state index is -4.54. The number of hydrogen-bond donors (Lipinski definition) is 1. The van der Waals surface area contributed by atoms with Crippen LogP contribution in [-0.2, 0) is 6.18 Å². The molecule has 1 saturated heterocycles. The highest BCUT2D eigenvalue weighted by Crippen LogP contribution is 2.29. The Balaban J connectivity index is 2.10. The highest BCUT2D eigenvalue weighted by atomic mass is 35.5. The number of alkyl halides is 3. The van der Waals surface area contributed by atoms with Crippen LogP contribution in [0.1, 0.15) is 5.69 Å². The van der Waals surface area contributed by atoms with Gasteiger partial charge in [0.2, 0.25) is 5.28 Å². The molecule has 0 unspecified atom stereocenters. The first-order valence-electron chi connectivity index (χ1n) is 5.66. The van der Waals surface area contributed by atoms with E-state index in [2.05, 4.69) is 20.3 Å². The van der Waals surface area contributed by atoms with Gasteiger partial charge >= 0.3 is 6.18 Å². The van der Waals surface area contributed by atoms with Gasteiger partial charge in [-0.15, -0.1) is 0 Å². The standard InChI is InChI=1S/C10H13ClF3N5/c1-18-2-4-19(5-3-18)17-8-6-7(10(12,13)14)15-9(11)16-8/h6H,2-5H2,1H3,(H,15,16,17). The number of piperazine rings is 1. The van der Waals surface area contributed by atoms with Crippen LogP contribution in [0.5, 0.6) is 0 Å². The molecule has 1 aliphatic rings. The molecule has 0 aliphatic carbocycles. The third-order valence-corrected chi connectivity index (χ3v) is 2.93. The van der Waals surface area contributed by atoms with Crippen LogP contribution in [0.3, 0.4) is 0 Å². The predicted octanol–water partition coefficient (Wildman–Crippen LogP) is 1.72. The van der Waals surface area contributed by atoms with Crippen molar-refractivity contribution < 1.29 is 13.2 Å². The van der Waals surface area contributed by atoms with Crippen molar-refractivity contribution in [3.63, 3.8) is 0 Å². The third kappa shape index (κ3) is 3.92. The minimum absolute atomic E-state index is 0.0527. The van der Waals surface area contributed by atoms with Crippen molar-refractivity contribution in [1.82, 2.24) is 19.9 Å². The molecule has 106 valence electrons. The number of likely N-dealkylation sites (N-methyl/N-ethyl adjacent to an activating group) is 1. The molecule has 19 heavy (non-hydrogen) atoms. The molecule has 0 radical (unpaired) electrons. The lowest BCUT2D eigenvalue weighted by atomic mass is 10.3. The van der Waals surface area contributed by atoms with Crippen LogP contribution in [0.4, 0.5) is 19.0 Å². The third-order valence-electron chi connectivity index (χ3n) is 2.77. The van der Waals surface area contributed by atoms with Crippen molar-refractivity contribution in [3.05, 3.63) is 17.0 Å². The zero-order valence-electron chi connectivity index (χ0n) is 10.2. The summed E-state index contributed by atoms with van der Waals surface area (Å²) in [6, 6.07) is 0.851. The lowest BCUT2D eigenvalue weighted by Crippen LogP contribution is -2.47. The van der Waals surface area contributed by atoms with Crippen LogP contribution < -0.4 is 5.43 Å². The minimum Gasteiger partial charge on any atom is -0.304 e. The van der Waals surface area contributed by atoms with Gasteiger partial charge in [0.15, 0.2) is 5.69 Å². The topological polar surface area (TPSA) is 44.3 Å². The van der Waals surface area contributed by atoms with E-state index in [-0.39, 0.29) is 5.82 Å². The summed E-state index contributed by atoms with van der Waals surface area (Å²) >= 11 is 5.51. The van der Waals surface area contributed by atoms with E-state index in [0.29, 0.717) is 13.1 Å². The first-order chi connectivity index (χ1) is 8.84. The number of rotatable bonds is 2. The average Bonchev–Trinajstić information content (AvgIpc) is 2.30. The van der Waals surface area contributed by atoms with Gasteiger partial charge in [0, 0.05) is 32.2 Å². The summed E-state index contributed by atoms with van der Waals surface area (Å²) in [5.74, 6) is 0.0527. The van der Waals surface area contributed by atoms with Gasteiger partial charge in [-0.1, -0.05) is 0 Å². The highest BCUT2D eigenvalue weighted by Gasteiger charge is 2.33. The fraction of sp³-hybridized carbons (Fsp3) is 0.600. The maximum atomic E-state index is 12.6. The van der Waals surface area contributed by atoms with Crippen molar-refractivity contribution in [3.8, 4) is 0 Å². The van der Waals surface area contributed by atoms with E-state index in [4.69, 9.17) is 11.6 Å². The molecule has 0 spiro atoms. The van der Waals surface area contributed by atoms with E-state index in [1.807, 2.05) is 7.05 Å². The van der Waals surface area contributed by atoms with Crippen LogP contribution in [0.15, 0.2) is 6.07 Å². The second-order valence-electron chi connectivity index (χ2n) is 4.31. The van der Waals surface area contributed by atoms with Crippen molar-refractivity contribution in [2.75, 3.05) is 38.7 Å². The molecular formula is C10H13ClF3N5. The Morgan fingerprint density at radius 3 is 2.42 bits per heavy atom. The molecule has 0 amide bonds. The van der Waals surface area contributed by atoms with Crippen molar-refractivity contribution in [2.24, 2.45) is 0 Å².